The number of hydrogen-bond acceptors (Lipinski definition) is 5. The first-order chi connectivity index (χ1) is 16.2. The maximum absolute atomic E-state index is 13.0. The number of amides is 1. The summed E-state index contributed by atoms with van der Waals surface area (Å²) in [7, 11) is 0. The van der Waals surface area contributed by atoms with Crippen LogP contribution in [0.2, 0.25) is 0 Å². The van der Waals surface area contributed by atoms with Crippen molar-refractivity contribution in [1.29, 1.82) is 5.41 Å². The summed E-state index contributed by atoms with van der Waals surface area (Å²) >= 11 is 1.53. The first-order valence-corrected chi connectivity index (χ1v) is 12.3. The molecule has 35 heavy (non-hydrogen) atoms. The van der Waals surface area contributed by atoms with Gasteiger partial charge >= 0.3 is 0 Å². The van der Waals surface area contributed by atoms with Crippen molar-refractivity contribution in [3.8, 4) is 11.5 Å². The van der Waals surface area contributed by atoms with Crippen molar-refractivity contribution < 1.29 is 14.6 Å². The number of halogens is 1. The van der Waals surface area contributed by atoms with Gasteiger partial charge in [-0.1, -0.05) is 18.2 Å². The van der Waals surface area contributed by atoms with Gasteiger partial charge in [-0.15, -0.1) is 23.7 Å². The van der Waals surface area contributed by atoms with E-state index in [-0.39, 0.29) is 18.3 Å². The van der Waals surface area contributed by atoms with E-state index in [9.17, 15) is 9.90 Å². The summed E-state index contributed by atoms with van der Waals surface area (Å²) < 4.78 is 6.26. The van der Waals surface area contributed by atoms with Gasteiger partial charge in [-0.3, -0.25) is 10.2 Å². The number of anilines is 1. The number of nitrogens with one attached hydrogen (secondary N) is 3. The third kappa shape index (κ3) is 5.46. The number of ether oxygens (including phenoxy) is 1. The first kappa shape index (κ1) is 26.6. The lowest BCUT2D eigenvalue weighted by Crippen LogP contribution is -2.51. The van der Waals surface area contributed by atoms with Crippen LogP contribution in [0.4, 0.5) is 5.69 Å². The molecule has 1 atom stereocenters. The van der Waals surface area contributed by atoms with Crippen LogP contribution in [0.1, 0.15) is 46.0 Å². The molecule has 4 N–H and O–H groups in total. The monoisotopic (exact) mass is 513 g/mol. The molecule has 1 unspecified atom stereocenters. The number of carbonyl (C=O) groups excluding carboxylic acids is 1. The van der Waals surface area contributed by atoms with E-state index in [0.717, 1.165) is 44.1 Å². The maximum Gasteiger partial charge on any atom is 0.263 e. The van der Waals surface area contributed by atoms with Crippen molar-refractivity contribution in [2.24, 2.45) is 0 Å². The minimum absolute atomic E-state index is 0. The second-order valence-electron chi connectivity index (χ2n) is 9.04. The van der Waals surface area contributed by atoms with Crippen LogP contribution in [0.25, 0.3) is 0 Å². The number of amidine groups is 1. The second-order valence-corrected chi connectivity index (χ2v) is 9.99. The topological polar surface area (TPSA) is 94.4 Å². The Morgan fingerprint density at radius 2 is 1.86 bits per heavy atom. The van der Waals surface area contributed by atoms with Crippen LogP contribution in [0, 0.1) is 26.2 Å². The number of benzene rings is 2. The van der Waals surface area contributed by atoms with Gasteiger partial charge in [0, 0.05) is 24.2 Å². The van der Waals surface area contributed by atoms with Crippen molar-refractivity contribution in [2.75, 3.05) is 11.9 Å². The van der Waals surface area contributed by atoms with Crippen LogP contribution in [0.5, 0.6) is 11.5 Å². The average molecular weight is 514 g/mol. The number of rotatable bonds is 6. The molecular weight excluding hydrogens is 482 g/mol. The maximum atomic E-state index is 13.0. The van der Waals surface area contributed by atoms with E-state index in [1.54, 1.807) is 0 Å². The van der Waals surface area contributed by atoms with Crippen molar-refractivity contribution in [3.63, 3.8) is 0 Å². The average Bonchev–Trinajstić information content (AvgIpc) is 3.37. The number of carbonyl (C=O) groups is 1. The molecule has 0 aliphatic carbocycles. The van der Waals surface area contributed by atoms with Gasteiger partial charge in [0.25, 0.3) is 5.91 Å². The fourth-order valence-electron chi connectivity index (χ4n) is 4.30. The van der Waals surface area contributed by atoms with E-state index in [1.165, 1.54) is 11.3 Å². The molecule has 0 bridgehead atoms. The molecule has 0 spiro atoms. The number of fused-ring (bicyclic) bond motifs is 1. The molecule has 0 saturated carbocycles. The highest BCUT2D eigenvalue weighted by atomic mass is 35.5. The molecule has 4 rings (SSSR count). The standard InChI is InChI=1S/C27H31N3O3S.ClH/c1-16-17(2)24-21(18(3)23(16)31)11-13-27(4,33-24)26(32)29-14-12-19-7-9-20(10-8-19)30-25(28)22-6-5-15-34-22;/h5-10,15,31H,11-14H2,1-4H3,(H2,28,30)(H,29,32);1H. The molecular formula is C27H32ClN3O3S. The zero-order valence-electron chi connectivity index (χ0n) is 20.5. The lowest BCUT2D eigenvalue weighted by Gasteiger charge is -2.36. The van der Waals surface area contributed by atoms with Crippen molar-refractivity contribution in [3.05, 3.63) is 74.5 Å². The number of thiophene rings is 1. The molecule has 1 aromatic heterocycles. The van der Waals surface area contributed by atoms with Crippen molar-refractivity contribution in [2.45, 2.75) is 52.6 Å². The van der Waals surface area contributed by atoms with Gasteiger partial charge in [0.15, 0.2) is 5.60 Å². The fraction of sp³-hybridized carbons (Fsp3) is 0.333. The SMILES string of the molecule is Cc1c(C)c2c(c(C)c1O)CCC(C)(C(=O)NCCc1ccc(NC(=N)c3cccs3)cc1)O2.Cl. The molecule has 0 fully saturated rings. The van der Waals surface area contributed by atoms with Crippen LogP contribution >= 0.6 is 23.7 Å². The van der Waals surface area contributed by atoms with E-state index >= 15 is 0 Å². The smallest absolute Gasteiger partial charge is 0.263 e. The molecule has 8 heteroatoms. The van der Waals surface area contributed by atoms with Gasteiger partial charge in [0.2, 0.25) is 0 Å². The Morgan fingerprint density at radius 1 is 1.14 bits per heavy atom. The highest BCUT2D eigenvalue weighted by molar-refractivity contribution is 7.12. The summed E-state index contributed by atoms with van der Waals surface area (Å²) in [6, 6.07) is 11.8. The Balaban J connectivity index is 0.00000342. The molecule has 0 saturated heterocycles. The van der Waals surface area contributed by atoms with Crippen LogP contribution in [0.3, 0.4) is 0 Å². The molecule has 2 heterocycles. The summed E-state index contributed by atoms with van der Waals surface area (Å²) in [5.41, 5.74) is 4.53. The number of phenols is 1. The Hall–Kier alpha value is -3.03. The molecule has 1 amide bonds. The molecule has 3 aromatic rings. The third-order valence-corrected chi connectivity index (χ3v) is 7.58. The van der Waals surface area contributed by atoms with Gasteiger partial charge in [0.05, 0.1) is 4.88 Å². The minimum atomic E-state index is -0.941. The Kier molecular flexibility index (Phi) is 8.13. The Bertz CT molecular complexity index is 1230. The van der Waals surface area contributed by atoms with Gasteiger partial charge in [-0.05, 0) is 86.4 Å². The molecule has 6 nitrogen and oxygen atoms in total. The van der Waals surface area contributed by atoms with Crippen LogP contribution in [-0.4, -0.2) is 29.0 Å². The number of phenolic OH excluding ortho intramolecular Hbond substituents is 1. The fourth-order valence-corrected chi connectivity index (χ4v) is 4.93. The largest absolute Gasteiger partial charge is 0.507 e. The van der Waals surface area contributed by atoms with Crippen LogP contribution in [-0.2, 0) is 17.6 Å². The van der Waals surface area contributed by atoms with Gasteiger partial charge in [-0.2, -0.15) is 0 Å². The van der Waals surface area contributed by atoms with E-state index < -0.39 is 5.60 Å². The summed E-state index contributed by atoms with van der Waals surface area (Å²) in [6.45, 7) is 8.05. The zero-order chi connectivity index (χ0) is 24.5. The first-order valence-electron chi connectivity index (χ1n) is 11.5. The van der Waals surface area contributed by atoms with E-state index in [2.05, 4.69) is 10.6 Å². The summed E-state index contributed by atoms with van der Waals surface area (Å²) in [4.78, 5) is 13.9. The number of hydrogen-bond donors (Lipinski definition) is 4. The predicted molar refractivity (Wildman–Crippen MR) is 145 cm³/mol. The van der Waals surface area contributed by atoms with Gasteiger partial charge in [0.1, 0.15) is 17.3 Å². The highest BCUT2D eigenvalue weighted by Crippen LogP contribution is 2.43. The van der Waals surface area contributed by atoms with Gasteiger partial charge < -0.3 is 20.5 Å². The summed E-state index contributed by atoms with van der Waals surface area (Å²) in [5.74, 6) is 1.31. The normalized spacial score (nSPS) is 16.5. The van der Waals surface area contributed by atoms with Crippen LogP contribution < -0.4 is 15.4 Å². The van der Waals surface area contributed by atoms with E-state index in [1.807, 2.05) is 69.5 Å². The second kappa shape index (κ2) is 10.7. The number of aromatic hydroxyl groups is 1. The predicted octanol–water partition coefficient (Wildman–Crippen LogP) is 5.68. The van der Waals surface area contributed by atoms with E-state index in [0.29, 0.717) is 37.4 Å². The molecule has 186 valence electrons. The lowest BCUT2D eigenvalue weighted by atomic mass is 9.86. The highest BCUT2D eigenvalue weighted by Gasteiger charge is 2.40. The molecule has 1 aliphatic heterocycles. The molecule has 1 aliphatic rings. The molecule has 2 aromatic carbocycles. The minimum Gasteiger partial charge on any atom is -0.507 e. The van der Waals surface area contributed by atoms with Gasteiger partial charge in [-0.25, -0.2) is 0 Å². The Morgan fingerprint density at radius 3 is 2.51 bits per heavy atom. The quantitative estimate of drug-likeness (QED) is 0.252. The zero-order valence-corrected chi connectivity index (χ0v) is 22.1. The van der Waals surface area contributed by atoms with E-state index in [4.69, 9.17) is 10.1 Å². The van der Waals surface area contributed by atoms with Crippen molar-refractivity contribution >= 4 is 41.2 Å². The lowest BCUT2D eigenvalue weighted by molar-refractivity contribution is -0.136. The van der Waals surface area contributed by atoms with Crippen LogP contribution in [0.15, 0.2) is 41.8 Å². The summed E-state index contributed by atoms with van der Waals surface area (Å²) in [5, 5.41) is 26.6. The Labute approximate surface area is 216 Å². The van der Waals surface area contributed by atoms with Crippen molar-refractivity contribution in [1.82, 2.24) is 5.32 Å². The molecule has 0 radical (unpaired) electrons. The third-order valence-electron chi connectivity index (χ3n) is 6.69. The summed E-state index contributed by atoms with van der Waals surface area (Å²) in [6.07, 6.45) is 1.95.